The molecule has 1 fully saturated rings. The fourth-order valence-electron chi connectivity index (χ4n) is 3.31. The molecule has 8 nitrogen and oxygen atoms in total. The van der Waals surface area contributed by atoms with Crippen molar-refractivity contribution in [2.24, 2.45) is 0 Å². The molecule has 2 amide bonds. The van der Waals surface area contributed by atoms with Crippen molar-refractivity contribution in [3.05, 3.63) is 35.9 Å². The molecule has 0 atom stereocenters. The highest BCUT2D eigenvalue weighted by Crippen LogP contribution is 2.17. The van der Waals surface area contributed by atoms with Crippen molar-refractivity contribution in [3.63, 3.8) is 0 Å². The van der Waals surface area contributed by atoms with Gasteiger partial charge >= 0.3 is 6.09 Å². The molecule has 0 aliphatic carbocycles. The zero-order valence-electron chi connectivity index (χ0n) is 17.8. The molecule has 1 aromatic rings. The number of carbonyl (C=O) groups is 2. The Morgan fingerprint density at radius 3 is 2.27 bits per heavy atom. The highest BCUT2D eigenvalue weighted by atomic mass is 32.2. The lowest BCUT2D eigenvalue weighted by molar-refractivity contribution is -0.117. The number of nitrogens with zero attached hydrogens (tertiary/aromatic N) is 2. The Kier molecular flexibility index (Phi) is 8.86. The van der Waals surface area contributed by atoms with E-state index in [1.54, 1.807) is 56.0 Å². The zero-order chi connectivity index (χ0) is 22.1. The maximum atomic E-state index is 12.5. The lowest BCUT2D eigenvalue weighted by Crippen LogP contribution is -2.46. The molecule has 166 valence electrons. The van der Waals surface area contributed by atoms with Crippen LogP contribution in [0, 0.1) is 0 Å². The number of carbonyl (C=O) groups excluding carboxylic acids is 2. The first-order valence-electron chi connectivity index (χ1n) is 10.3. The number of hydrogen-bond donors (Lipinski definition) is 1. The Balaban J connectivity index is 1.88. The number of piperidine rings is 1. The molecule has 2 rings (SSSR count). The maximum Gasteiger partial charge on any atom is 0.409 e. The molecule has 1 aromatic carbocycles. The molecular weight excluding hydrogens is 406 g/mol. The summed E-state index contributed by atoms with van der Waals surface area (Å²) in [5, 5.41) is 2.94. The van der Waals surface area contributed by atoms with Crippen molar-refractivity contribution < 1.29 is 22.7 Å². The van der Waals surface area contributed by atoms with Gasteiger partial charge in [0.25, 0.3) is 0 Å². The molecule has 0 saturated carbocycles. The summed E-state index contributed by atoms with van der Waals surface area (Å²) in [5.41, 5.74) is 0.737. The zero-order valence-corrected chi connectivity index (χ0v) is 18.7. The minimum atomic E-state index is -3.49. The standard InChI is InChI=1S/C21H31N3O5S/c1-4-24(5-2)30(27,28)19-10-7-17(8-11-19)9-12-20(25)22-18-13-15-23(16-14-18)21(26)29-6-3/h7-12,18H,4-6,13-16H2,1-3H3,(H,22,25)/b12-9+. The lowest BCUT2D eigenvalue weighted by atomic mass is 10.1. The quantitative estimate of drug-likeness (QED) is 0.631. The Morgan fingerprint density at radius 2 is 1.73 bits per heavy atom. The molecule has 1 aliphatic heterocycles. The van der Waals surface area contributed by atoms with Gasteiger partial charge in [-0.15, -0.1) is 0 Å². The van der Waals surface area contributed by atoms with Crippen molar-refractivity contribution in [2.75, 3.05) is 32.8 Å². The van der Waals surface area contributed by atoms with Gasteiger partial charge in [0, 0.05) is 38.3 Å². The van der Waals surface area contributed by atoms with Crippen LogP contribution in [0.2, 0.25) is 0 Å². The summed E-state index contributed by atoms with van der Waals surface area (Å²) in [6.07, 6.45) is 4.13. The van der Waals surface area contributed by atoms with Gasteiger partial charge in [0.1, 0.15) is 0 Å². The highest BCUT2D eigenvalue weighted by molar-refractivity contribution is 7.89. The van der Waals surface area contributed by atoms with Crippen LogP contribution < -0.4 is 5.32 Å². The summed E-state index contributed by atoms with van der Waals surface area (Å²) in [4.78, 5) is 25.8. The molecule has 1 aliphatic rings. The Labute approximate surface area is 178 Å². The maximum absolute atomic E-state index is 12.5. The van der Waals surface area contributed by atoms with E-state index in [2.05, 4.69) is 5.32 Å². The molecule has 1 heterocycles. The molecule has 0 bridgehead atoms. The van der Waals surface area contributed by atoms with Crippen LogP contribution in [0.4, 0.5) is 4.79 Å². The molecule has 0 spiro atoms. The first kappa shape index (κ1) is 23.9. The summed E-state index contributed by atoms with van der Waals surface area (Å²) in [5.74, 6) is -0.218. The second-order valence-electron chi connectivity index (χ2n) is 6.96. The van der Waals surface area contributed by atoms with Gasteiger partial charge in [-0.1, -0.05) is 26.0 Å². The van der Waals surface area contributed by atoms with Gasteiger partial charge in [0.2, 0.25) is 15.9 Å². The SMILES string of the molecule is CCOC(=O)N1CCC(NC(=O)/C=C/c2ccc(S(=O)(=O)N(CC)CC)cc2)CC1. The van der Waals surface area contributed by atoms with E-state index >= 15 is 0 Å². The number of amides is 2. The summed E-state index contributed by atoms with van der Waals surface area (Å²) < 4.78 is 31.4. The van der Waals surface area contributed by atoms with E-state index < -0.39 is 10.0 Å². The fourth-order valence-corrected chi connectivity index (χ4v) is 4.76. The van der Waals surface area contributed by atoms with Gasteiger partial charge in [-0.3, -0.25) is 4.79 Å². The number of benzene rings is 1. The van der Waals surface area contributed by atoms with Gasteiger partial charge in [0.15, 0.2) is 0 Å². The van der Waals surface area contributed by atoms with Crippen molar-refractivity contribution >= 4 is 28.1 Å². The van der Waals surface area contributed by atoms with Crippen LogP contribution in [0.15, 0.2) is 35.2 Å². The van der Waals surface area contributed by atoms with E-state index in [1.807, 2.05) is 0 Å². The largest absolute Gasteiger partial charge is 0.450 e. The molecule has 1 N–H and O–H groups in total. The Morgan fingerprint density at radius 1 is 1.13 bits per heavy atom. The number of rotatable bonds is 8. The van der Waals surface area contributed by atoms with Crippen molar-refractivity contribution in [1.82, 2.24) is 14.5 Å². The van der Waals surface area contributed by atoms with E-state index in [0.29, 0.717) is 45.6 Å². The van der Waals surface area contributed by atoms with Crippen LogP contribution in [-0.4, -0.2) is 68.5 Å². The van der Waals surface area contributed by atoms with Gasteiger partial charge < -0.3 is 15.0 Å². The first-order valence-corrected chi connectivity index (χ1v) is 11.8. The molecule has 30 heavy (non-hydrogen) atoms. The predicted molar refractivity (Wildman–Crippen MR) is 115 cm³/mol. The third-order valence-corrected chi connectivity index (χ3v) is 7.08. The van der Waals surface area contributed by atoms with Crippen LogP contribution >= 0.6 is 0 Å². The van der Waals surface area contributed by atoms with E-state index in [-0.39, 0.29) is 22.9 Å². The van der Waals surface area contributed by atoms with E-state index in [4.69, 9.17) is 4.74 Å². The smallest absolute Gasteiger partial charge is 0.409 e. The topological polar surface area (TPSA) is 96.0 Å². The number of ether oxygens (including phenoxy) is 1. The van der Waals surface area contributed by atoms with E-state index in [1.165, 1.54) is 10.4 Å². The molecule has 9 heteroatoms. The average Bonchev–Trinajstić information content (AvgIpc) is 2.74. The van der Waals surface area contributed by atoms with Crippen molar-refractivity contribution in [1.29, 1.82) is 0 Å². The summed E-state index contributed by atoms with van der Waals surface area (Å²) in [6.45, 7) is 7.66. The Bertz CT molecular complexity index is 840. The van der Waals surface area contributed by atoms with Crippen molar-refractivity contribution in [2.45, 2.75) is 44.6 Å². The number of sulfonamides is 1. The van der Waals surface area contributed by atoms with Gasteiger partial charge in [-0.2, -0.15) is 4.31 Å². The highest BCUT2D eigenvalue weighted by Gasteiger charge is 2.24. The molecule has 0 unspecified atom stereocenters. The third kappa shape index (κ3) is 6.30. The average molecular weight is 438 g/mol. The van der Waals surface area contributed by atoms with Gasteiger partial charge in [0.05, 0.1) is 11.5 Å². The Hall–Kier alpha value is -2.39. The summed E-state index contributed by atoms with van der Waals surface area (Å²) >= 11 is 0. The minimum Gasteiger partial charge on any atom is -0.450 e. The summed E-state index contributed by atoms with van der Waals surface area (Å²) in [7, 11) is -3.49. The van der Waals surface area contributed by atoms with Crippen molar-refractivity contribution in [3.8, 4) is 0 Å². The third-order valence-electron chi connectivity index (χ3n) is 5.02. The minimum absolute atomic E-state index is 0.00872. The van der Waals surface area contributed by atoms with Crippen LogP contribution in [0.3, 0.4) is 0 Å². The normalized spacial score (nSPS) is 15.5. The second-order valence-corrected chi connectivity index (χ2v) is 8.90. The number of nitrogens with one attached hydrogen (secondary N) is 1. The molecule has 1 saturated heterocycles. The predicted octanol–water partition coefficient (Wildman–Crippen LogP) is 2.47. The van der Waals surface area contributed by atoms with Crippen LogP contribution in [-0.2, 0) is 19.6 Å². The molecular formula is C21H31N3O5S. The number of likely N-dealkylation sites (tertiary alicyclic amines) is 1. The molecule has 0 radical (unpaired) electrons. The van der Waals surface area contributed by atoms with Crippen LogP contribution in [0.5, 0.6) is 0 Å². The molecule has 0 aromatic heterocycles. The van der Waals surface area contributed by atoms with Gasteiger partial charge in [-0.05, 0) is 43.5 Å². The van der Waals surface area contributed by atoms with Crippen LogP contribution in [0.25, 0.3) is 6.08 Å². The summed E-state index contributed by atoms with van der Waals surface area (Å²) in [6, 6.07) is 6.47. The first-order chi connectivity index (χ1) is 14.3. The second kappa shape index (κ2) is 11.1. The monoisotopic (exact) mass is 437 g/mol. The van der Waals surface area contributed by atoms with Gasteiger partial charge in [-0.25, -0.2) is 13.2 Å². The van der Waals surface area contributed by atoms with E-state index in [9.17, 15) is 18.0 Å². The van der Waals surface area contributed by atoms with Crippen LogP contribution in [0.1, 0.15) is 39.2 Å². The van der Waals surface area contributed by atoms with E-state index in [0.717, 1.165) is 5.56 Å². The number of hydrogen-bond acceptors (Lipinski definition) is 5. The lowest BCUT2D eigenvalue weighted by Gasteiger charge is -2.31. The fraction of sp³-hybridized carbons (Fsp3) is 0.524.